The van der Waals surface area contributed by atoms with E-state index < -0.39 is 0 Å². The molecule has 0 spiro atoms. The minimum Gasteiger partial charge on any atom is -0.338 e. The molecular weight excluding hydrogens is 168 g/mol. The van der Waals surface area contributed by atoms with Gasteiger partial charge in [0, 0.05) is 19.1 Å². The molecule has 0 aliphatic carbocycles. The van der Waals surface area contributed by atoms with Gasteiger partial charge in [0.1, 0.15) is 0 Å². The molecule has 1 aliphatic rings. The topological polar surface area (TPSA) is 68.2 Å². The average molecular weight is 182 g/mol. The molecule has 2 rings (SSSR count). The molecule has 72 valence electrons. The molecule has 13 heavy (non-hydrogen) atoms. The third kappa shape index (κ3) is 2.26. The minimum absolute atomic E-state index is 0.374. The molecule has 1 aromatic rings. The van der Waals surface area contributed by atoms with Gasteiger partial charge in [-0.15, -0.1) is 0 Å². The Hall–Kier alpha value is -0.940. The number of aromatic nitrogens is 2. The summed E-state index contributed by atoms with van der Waals surface area (Å²) in [4.78, 5) is 6.27. The van der Waals surface area contributed by atoms with Crippen LogP contribution in [-0.2, 0) is 6.54 Å². The highest BCUT2D eigenvalue weighted by Crippen LogP contribution is 2.10. The van der Waals surface area contributed by atoms with Crippen LogP contribution in [0, 0.1) is 0 Å². The molecule has 5 heteroatoms. The molecule has 0 saturated carbocycles. The molecular formula is C8H14N4O. The van der Waals surface area contributed by atoms with Crippen LogP contribution in [0.3, 0.4) is 0 Å². The summed E-state index contributed by atoms with van der Waals surface area (Å²) < 4.78 is 4.93. The van der Waals surface area contributed by atoms with Gasteiger partial charge in [0.05, 0.1) is 6.54 Å². The molecule has 0 radical (unpaired) electrons. The van der Waals surface area contributed by atoms with Gasteiger partial charge in [0.25, 0.3) is 0 Å². The fourth-order valence-electron chi connectivity index (χ4n) is 1.57. The fourth-order valence-corrected chi connectivity index (χ4v) is 1.57. The molecule has 2 heterocycles. The van der Waals surface area contributed by atoms with Crippen molar-refractivity contribution in [2.45, 2.75) is 25.4 Å². The quantitative estimate of drug-likeness (QED) is 0.696. The van der Waals surface area contributed by atoms with Crippen molar-refractivity contribution >= 4 is 0 Å². The molecule has 1 fully saturated rings. The Morgan fingerprint density at radius 3 is 2.92 bits per heavy atom. The summed E-state index contributed by atoms with van der Waals surface area (Å²) >= 11 is 0. The van der Waals surface area contributed by atoms with Gasteiger partial charge in [-0.3, -0.25) is 4.90 Å². The summed E-state index contributed by atoms with van der Waals surface area (Å²) in [5.41, 5.74) is 5.79. The number of nitrogens with two attached hydrogens (primary N) is 1. The fraction of sp³-hybridized carbons (Fsp3) is 0.750. The Bertz CT molecular complexity index is 241. The summed E-state index contributed by atoms with van der Waals surface area (Å²) in [6.45, 7) is 2.82. The number of nitrogens with zero attached hydrogens (tertiary/aromatic N) is 3. The van der Waals surface area contributed by atoms with Gasteiger partial charge in [0.15, 0.2) is 6.33 Å². The van der Waals surface area contributed by atoms with E-state index in [-0.39, 0.29) is 0 Å². The van der Waals surface area contributed by atoms with Crippen LogP contribution in [0.4, 0.5) is 0 Å². The minimum atomic E-state index is 0.374. The van der Waals surface area contributed by atoms with Crippen LogP contribution < -0.4 is 5.73 Å². The molecule has 1 saturated heterocycles. The standard InChI is InChI=1S/C8H14N4O/c9-7-1-3-12(4-2-7)5-8-10-6-11-13-8/h6-7H,1-5,9H2. The summed E-state index contributed by atoms with van der Waals surface area (Å²) in [6, 6.07) is 0.374. The zero-order valence-corrected chi connectivity index (χ0v) is 7.52. The van der Waals surface area contributed by atoms with Crippen LogP contribution in [0.15, 0.2) is 10.9 Å². The number of rotatable bonds is 2. The average Bonchev–Trinajstić information content (AvgIpc) is 2.62. The van der Waals surface area contributed by atoms with Gasteiger partial charge in [0.2, 0.25) is 5.89 Å². The first-order valence-electron chi connectivity index (χ1n) is 4.58. The Labute approximate surface area is 76.9 Å². The Morgan fingerprint density at radius 1 is 1.54 bits per heavy atom. The smallest absolute Gasteiger partial charge is 0.240 e. The van der Waals surface area contributed by atoms with E-state index in [1.807, 2.05) is 0 Å². The first-order valence-corrected chi connectivity index (χ1v) is 4.58. The van der Waals surface area contributed by atoms with E-state index in [4.69, 9.17) is 10.3 Å². The van der Waals surface area contributed by atoms with Gasteiger partial charge in [-0.25, -0.2) is 0 Å². The summed E-state index contributed by atoms with van der Waals surface area (Å²) in [7, 11) is 0. The largest absolute Gasteiger partial charge is 0.338 e. The lowest BCUT2D eigenvalue weighted by atomic mass is 10.1. The van der Waals surface area contributed by atoms with E-state index in [1.54, 1.807) is 0 Å². The molecule has 0 bridgehead atoms. The Kier molecular flexibility index (Phi) is 2.56. The molecule has 0 atom stereocenters. The van der Waals surface area contributed by atoms with Gasteiger partial charge in [-0.05, 0) is 12.8 Å². The lowest BCUT2D eigenvalue weighted by molar-refractivity contribution is 0.182. The monoisotopic (exact) mass is 182 g/mol. The first kappa shape index (κ1) is 8.65. The van der Waals surface area contributed by atoms with E-state index in [1.165, 1.54) is 6.33 Å². The van der Waals surface area contributed by atoms with Crippen molar-refractivity contribution in [2.75, 3.05) is 13.1 Å². The highest BCUT2D eigenvalue weighted by Gasteiger charge is 2.17. The van der Waals surface area contributed by atoms with Crippen molar-refractivity contribution in [3.8, 4) is 0 Å². The SMILES string of the molecule is NC1CCN(Cc2ncno2)CC1. The molecule has 5 nitrogen and oxygen atoms in total. The zero-order valence-electron chi connectivity index (χ0n) is 7.52. The van der Waals surface area contributed by atoms with E-state index in [9.17, 15) is 0 Å². The van der Waals surface area contributed by atoms with Gasteiger partial charge in [-0.1, -0.05) is 5.16 Å². The number of hydrogen-bond acceptors (Lipinski definition) is 5. The number of piperidine rings is 1. The molecule has 0 unspecified atom stereocenters. The van der Waals surface area contributed by atoms with E-state index in [2.05, 4.69) is 15.0 Å². The van der Waals surface area contributed by atoms with Crippen molar-refractivity contribution in [1.29, 1.82) is 0 Å². The molecule has 1 aromatic heterocycles. The first-order chi connectivity index (χ1) is 6.34. The zero-order chi connectivity index (χ0) is 9.10. The van der Waals surface area contributed by atoms with Gasteiger partial charge in [-0.2, -0.15) is 4.98 Å². The number of likely N-dealkylation sites (tertiary alicyclic amines) is 1. The van der Waals surface area contributed by atoms with Crippen LogP contribution >= 0.6 is 0 Å². The van der Waals surface area contributed by atoms with Crippen LogP contribution in [-0.4, -0.2) is 34.2 Å². The maximum absolute atomic E-state index is 5.79. The van der Waals surface area contributed by atoms with Crippen molar-refractivity contribution < 1.29 is 4.52 Å². The van der Waals surface area contributed by atoms with Gasteiger partial charge >= 0.3 is 0 Å². The van der Waals surface area contributed by atoms with Crippen LogP contribution in [0.2, 0.25) is 0 Å². The molecule has 0 aromatic carbocycles. The second-order valence-electron chi connectivity index (χ2n) is 3.45. The van der Waals surface area contributed by atoms with Crippen LogP contribution in [0.5, 0.6) is 0 Å². The third-order valence-corrected chi connectivity index (χ3v) is 2.40. The third-order valence-electron chi connectivity index (χ3n) is 2.40. The highest BCUT2D eigenvalue weighted by molar-refractivity contribution is 4.79. The van der Waals surface area contributed by atoms with Crippen molar-refractivity contribution in [2.24, 2.45) is 5.73 Å². The van der Waals surface area contributed by atoms with Crippen molar-refractivity contribution in [3.63, 3.8) is 0 Å². The molecule has 0 amide bonds. The Morgan fingerprint density at radius 2 is 2.31 bits per heavy atom. The highest BCUT2D eigenvalue weighted by atomic mass is 16.5. The lowest BCUT2D eigenvalue weighted by Gasteiger charge is -2.28. The molecule has 1 aliphatic heterocycles. The van der Waals surface area contributed by atoms with Gasteiger partial charge < -0.3 is 10.3 Å². The number of hydrogen-bond donors (Lipinski definition) is 1. The molecule has 2 N–H and O–H groups in total. The normalized spacial score (nSPS) is 20.7. The van der Waals surface area contributed by atoms with E-state index >= 15 is 0 Å². The summed E-state index contributed by atoms with van der Waals surface area (Å²) in [6.07, 6.45) is 3.56. The van der Waals surface area contributed by atoms with Crippen molar-refractivity contribution in [3.05, 3.63) is 12.2 Å². The maximum atomic E-state index is 5.79. The van der Waals surface area contributed by atoms with E-state index in [0.717, 1.165) is 32.5 Å². The maximum Gasteiger partial charge on any atom is 0.240 e. The second-order valence-corrected chi connectivity index (χ2v) is 3.45. The summed E-state index contributed by atoms with van der Waals surface area (Å²) in [5.74, 6) is 0.690. The predicted molar refractivity (Wildman–Crippen MR) is 46.8 cm³/mol. The second kappa shape index (κ2) is 3.85. The van der Waals surface area contributed by atoms with Crippen LogP contribution in [0.25, 0.3) is 0 Å². The lowest BCUT2D eigenvalue weighted by Crippen LogP contribution is -2.39. The predicted octanol–water partition coefficient (Wildman–Crippen LogP) is -0.00730. The van der Waals surface area contributed by atoms with E-state index in [0.29, 0.717) is 11.9 Å². The van der Waals surface area contributed by atoms with Crippen LogP contribution in [0.1, 0.15) is 18.7 Å². The Balaban J connectivity index is 1.83. The summed E-state index contributed by atoms with van der Waals surface area (Å²) in [5, 5.41) is 3.57. The van der Waals surface area contributed by atoms with Crippen molar-refractivity contribution in [1.82, 2.24) is 15.0 Å².